The van der Waals surface area contributed by atoms with Gasteiger partial charge < -0.3 is 26.2 Å². The Kier molecular flexibility index (Phi) is 34.7. The number of hydrogen-bond acceptors (Lipinski definition) is 5. The lowest BCUT2D eigenvalue weighted by Crippen LogP contribution is -2.15. The molecule has 70 valence electrons. The minimum absolute atomic E-state index is 0.250. The Morgan fingerprint density at radius 1 is 1.36 bits per heavy atom. The van der Waals surface area contributed by atoms with Crippen molar-refractivity contribution in [1.82, 2.24) is 0 Å². The van der Waals surface area contributed by atoms with Gasteiger partial charge in [-0.1, -0.05) is 0 Å². The van der Waals surface area contributed by atoms with Crippen LogP contribution >= 0.6 is 0 Å². The molecular formula is C5H15NO5. The van der Waals surface area contributed by atoms with Gasteiger partial charge in [0.05, 0.1) is 13.2 Å². The van der Waals surface area contributed by atoms with Crippen LogP contribution in [0.4, 0.5) is 0 Å². The predicted molar refractivity (Wildman–Crippen MR) is 38.6 cm³/mol. The van der Waals surface area contributed by atoms with Gasteiger partial charge in [0.25, 0.3) is 0 Å². The number of carbonyl (C=O) groups is 1. The molecule has 6 N–H and O–H groups in total. The zero-order valence-electron chi connectivity index (χ0n) is 6.34. The van der Waals surface area contributed by atoms with Crippen molar-refractivity contribution >= 4 is 6.41 Å². The number of carbonyl (C=O) groups excluding carboxylic acids is 1. The molecule has 0 aromatic rings. The molecule has 0 aliphatic carbocycles. The first-order valence-corrected chi connectivity index (χ1v) is 2.72. The normalized spacial score (nSPS) is 7.09. The minimum atomic E-state index is -0.954. The third-order valence-corrected chi connectivity index (χ3v) is 0.421. The summed E-state index contributed by atoms with van der Waals surface area (Å²) < 4.78 is 0. The molecule has 0 spiro atoms. The molecule has 6 nitrogen and oxygen atoms in total. The van der Waals surface area contributed by atoms with Gasteiger partial charge in [0.1, 0.15) is 6.10 Å². The Balaban J connectivity index is -0.000000109. The molecule has 0 unspecified atom stereocenters. The average molecular weight is 169 g/mol. The Labute approximate surface area is 64.9 Å². The van der Waals surface area contributed by atoms with Crippen molar-refractivity contribution in [3.63, 3.8) is 0 Å². The number of nitrogens with two attached hydrogens (primary N) is 1. The zero-order chi connectivity index (χ0) is 9.70. The molecular weight excluding hydrogens is 154 g/mol. The van der Waals surface area contributed by atoms with Gasteiger partial charge >= 0.3 is 0 Å². The first-order valence-electron chi connectivity index (χ1n) is 2.72. The molecule has 0 aliphatic rings. The molecule has 0 saturated heterocycles. The van der Waals surface area contributed by atoms with E-state index in [-0.39, 0.29) is 19.6 Å². The van der Waals surface area contributed by atoms with Gasteiger partial charge in [0.15, 0.2) is 0 Å². The highest BCUT2D eigenvalue weighted by atomic mass is 16.3. The number of amides is 1. The Morgan fingerprint density at radius 2 is 1.55 bits per heavy atom. The Bertz CT molecular complexity index is 56.8. The minimum Gasteiger partial charge on any atom is -0.400 e. The number of hydrogen-bond donors (Lipinski definition) is 5. The fourth-order valence-electron chi connectivity index (χ4n) is 0.0577. The fourth-order valence-corrected chi connectivity index (χ4v) is 0.0577. The molecule has 0 saturated carbocycles. The van der Waals surface area contributed by atoms with E-state index in [1.165, 1.54) is 0 Å². The van der Waals surface area contributed by atoms with Crippen molar-refractivity contribution < 1.29 is 25.2 Å². The molecule has 0 aliphatic heterocycles. The van der Waals surface area contributed by atoms with Gasteiger partial charge in [-0.2, -0.15) is 0 Å². The number of aliphatic hydroxyl groups excluding tert-OH is 4. The van der Waals surface area contributed by atoms with Crippen molar-refractivity contribution in [3.05, 3.63) is 0 Å². The maximum absolute atomic E-state index is 8.58. The van der Waals surface area contributed by atoms with Crippen LogP contribution in [0.5, 0.6) is 0 Å². The van der Waals surface area contributed by atoms with E-state index < -0.39 is 6.10 Å². The highest BCUT2D eigenvalue weighted by Gasteiger charge is 1.93. The highest BCUT2D eigenvalue weighted by Crippen LogP contribution is 1.71. The van der Waals surface area contributed by atoms with E-state index in [2.05, 4.69) is 5.73 Å². The standard InChI is InChI=1S/C3H8O3.CH3NO.CH4O/c4-1-3(6)2-5;2-1-3;1-2/h3-6H,1-2H2;1H,(H2,2,3);2H,1H3. The molecule has 0 radical (unpaired) electrons. The molecule has 0 aromatic heterocycles. The third kappa shape index (κ3) is 45.4. The van der Waals surface area contributed by atoms with E-state index >= 15 is 0 Å². The largest absolute Gasteiger partial charge is 0.400 e. The summed E-state index contributed by atoms with van der Waals surface area (Å²) in [5.41, 5.74) is 4.17. The molecule has 0 atom stereocenters. The van der Waals surface area contributed by atoms with E-state index in [1.807, 2.05) is 0 Å². The van der Waals surface area contributed by atoms with Crippen molar-refractivity contribution in [2.75, 3.05) is 20.3 Å². The summed E-state index contributed by atoms with van der Waals surface area (Å²) in [6.45, 7) is -0.729. The van der Waals surface area contributed by atoms with E-state index in [0.717, 1.165) is 7.11 Å². The number of aliphatic hydroxyl groups is 4. The SMILES string of the molecule is CO.NC=O.OCC(O)CO. The van der Waals surface area contributed by atoms with Crippen LogP contribution in [0.25, 0.3) is 0 Å². The smallest absolute Gasteiger partial charge is 0.204 e. The van der Waals surface area contributed by atoms with Crippen LogP contribution in [0, 0.1) is 0 Å². The summed E-state index contributed by atoms with van der Waals surface area (Å²) in [5.74, 6) is 0. The van der Waals surface area contributed by atoms with E-state index in [4.69, 9.17) is 25.2 Å². The van der Waals surface area contributed by atoms with Crippen LogP contribution in [0.3, 0.4) is 0 Å². The van der Waals surface area contributed by atoms with Gasteiger partial charge in [0.2, 0.25) is 6.41 Å². The van der Waals surface area contributed by atoms with Gasteiger partial charge in [-0.05, 0) is 0 Å². The van der Waals surface area contributed by atoms with Crippen molar-refractivity contribution in [2.24, 2.45) is 5.73 Å². The average Bonchev–Trinajstić information content (AvgIpc) is 2.08. The maximum atomic E-state index is 8.58. The second-order valence-corrected chi connectivity index (χ2v) is 1.16. The highest BCUT2D eigenvalue weighted by molar-refractivity contribution is 5.42. The number of primary amides is 1. The Hall–Kier alpha value is -0.690. The zero-order valence-corrected chi connectivity index (χ0v) is 6.34. The molecule has 0 aromatic carbocycles. The van der Waals surface area contributed by atoms with Crippen molar-refractivity contribution in [2.45, 2.75) is 6.10 Å². The van der Waals surface area contributed by atoms with Crippen molar-refractivity contribution in [1.29, 1.82) is 0 Å². The topological polar surface area (TPSA) is 124 Å². The predicted octanol–water partition coefficient (Wildman–Crippen LogP) is -2.96. The van der Waals surface area contributed by atoms with Crippen LogP contribution in [0.15, 0.2) is 0 Å². The quantitative estimate of drug-likeness (QED) is 0.282. The van der Waals surface area contributed by atoms with Gasteiger partial charge in [0, 0.05) is 7.11 Å². The van der Waals surface area contributed by atoms with Gasteiger partial charge in [-0.15, -0.1) is 0 Å². The maximum Gasteiger partial charge on any atom is 0.204 e. The van der Waals surface area contributed by atoms with E-state index in [9.17, 15) is 0 Å². The molecule has 6 heteroatoms. The Morgan fingerprint density at radius 3 is 1.55 bits per heavy atom. The van der Waals surface area contributed by atoms with Gasteiger partial charge in [-0.3, -0.25) is 4.79 Å². The lowest BCUT2D eigenvalue weighted by atomic mass is 10.4. The molecule has 0 heterocycles. The van der Waals surface area contributed by atoms with Crippen LogP contribution < -0.4 is 5.73 Å². The van der Waals surface area contributed by atoms with Crippen LogP contribution in [0.2, 0.25) is 0 Å². The lowest BCUT2D eigenvalue weighted by molar-refractivity contribution is -0.106. The fraction of sp³-hybridized carbons (Fsp3) is 0.800. The van der Waals surface area contributed by atoms with Gasteiger partial charge in [-0.25, -0.2) is 0 Å². The summed E-state index contributed by atoms with van der Waals surface area (Å²) in [4.78, 5) is 8.58. The molecule has 0 rings (SSSR count). The molecule has 1 amide bonds. The summed E-state index contributed by atoms with van der Waals surface area (Å²) >= 11 is 0. The first kappa shape index (κ1) is 16.7. The van der Waals surface area contributed by atoms with E-state index in [0.29, 0.717) is 0 Å². The second kappa shape index (κ2) is 22.8. The van der Waals surface area contributed by atoms with Crippen molar-refractivity contribution in [3.8, 4) is 0 Å². The third-order valence-electron chi connectivity index (χ3n) is 0.421. The summed E-state index contributed by atoms with van der Waals surface area (Å²) in [6.07, 6.45) is -0.704. The molecule has 0 fully saturated rings. The second-order valence-electron chi connectivity index (χ2n) is 1.16. The van der Waals surface area contributed by atoms with Crippen LogP contribution in [0.1, 0.15) is 0 Å². The first-order chi connectivity index (χ1) is 5.22. The monoisotopic (exact) mass is 169 g/mol. The number of rotatable bonds is 2. The van der Waals surface area contributed by atoms with E-state index in [1.54, 1.807) is 0 Å². The summed E-state index contributed by atoms with van der Waals surface area (Å²) in [5, 5.41) is 31.0. The lowest BCUT2D eigenvalue weighted by Gasteiger charge is -1.96. The molecule has 11 heavy (non-hydrogen) atoms. The summed E-state index contributed by atoms with van der Waals surface area (Å²) in [6, 6.07) is 0. The molecule has 0 bridgehead atoms. The van der Waals surface area contributed by atoms with Crippen LogP contribution in [-0.2, 0) is 4.79 Å². The van der Waals surface area contributed by atoms with Crippen LogP contribution in [-0.4, -0.2) is 53.3 Å². The summed E-state index contributed by atoms with van der Waals surface area (Å²) in [7, 11) is 1.00.